The van der Waals surface area contributed by atoms with E-state index in [-0.39, 0.29) is 17.8 Å². The van der Waals surface area contributed by atoms with Gasteiger partial charge < -0.3 is 19.2 Å². The van der Waals surface area contributed by atoms with Crippen LogP contribution in [0.2, 0.25) is 0 Å². The van der Waals surface area contributed by atoms with Crippen molar-refractivity contribution in [1.82, 2.24) is 0 Å². The molecule has 2 rings (SSSR count). The summed E-state index contributed by atoms with van der Waals surface area (Å²) in [6, 6.07) is 7.62. The van der Waals surface area contributed by atoms with Crippen LogP contribution in [0.25, 0.3) is 0 Å². The van der Waals surface area contributed by atoms with Crippen molar-refractivity contribution in [1.29, 1.82) is 0 Å². The summed E-state index contributed by atoms with van der Waals surface area (Å²) in [6.07, 6.45) is -0.513. The first-order valence-corrected chi connectivity index (χ1v) is 6.98. The largest absolute Gasteiger partial charge is 0.498 e. The maximum absolute atomic E-state index is 9.35. The second kappa shape index (κ2) is 5.39. The highest BCUT2D eigenvalue weighted by Gasteiger charge is 2.52. The minimum atomic E-state index is -0.513. The van der Waals surface area contributed by atoms with Crippen molar-refractivity contribution in [3.63, 3.8) is 0 Å². The zero-order valence-corrected chi connectivity index (χ0v) is 12.8. The molecule has 1 aliphatic rings. The molecule has 0 saturated carbocycles. The summed E-state index contributed by atoms with van der Waals surface area (Å²) in [4.78, 5) is 0. The molecular weight excluding hydrogens is 255 g/mol. The first-order valence-electron chi connectivity index (χ1n) is 6.98. The molecule has 1 N–H and O–H groups in total. The summed E-state index contributed by atoms with van der Waals surface area (Å²) < 4.78 is 17.7. The second-order valence-electron chi connectivity index (χ2n) is 6.29. The van der Waals surface area contributed by atoms with Crippen LogP contribution >= 0.6 is 0 Å². The summed E-state index contributed by atoms with van der Waals surface area (Å²) in [7, 11) is -0.454. The third-order valence-electron chi connectivity index (χ3n) is 3.91. The highest BCUT2D eigenvalue weighted by atomic mass is 16.7. The molecule has 1 aromatic carbocycles. The fraction of sp³-hybridized carbons (Fsp3) is 0.600. The molecule has 1 atom stereocenters. The van der Waals surface area contributed by atoms with Crippen LogP contribution in [0, 0.1) is 0 Å². The molecule has 0 amide bonds. The van der Waals surface area contributed by atoms with Crippen molar-refractivity contribution in [2.75, 3.05) is 6.61 Å². The van der Waals surface area contributed by atoms with Crippen molar-refractivity contribution in [2.45, 2.75) is 51.9 Å². The molecule has 110 valence electrons. The van der Waals surface area contributed by atoms with Gasteiger partial charge in [-0.05, 0) is 40.7 Å². The molecule has 4 nitrogen and oxygen atoms in total. The van der Waals surface area contributed by atoms with E-state index in [4.69, 9.17) is 14.0 Å². The molecule has 1 unspecified atom stereocenters. The first kappa shape index (κ1) is 15.4. The number of benzene rings is 1. The molecule has 5 heteroatoms. The Balaban J connectivity index is 2.22. The quantitative estimate of drug-likeness (QED) is 0.852. The number of aliphatic hydroxyl groups excluding tert-OH is 1. The maximum Gasteiger partial charge on any atom is 0.498 e. The minimum absolute atomic E-state index is 0.247. The van der Waals surface area contributed by atoms with Gasteiger partial charge in [0.15, 0.2) is 0 Å². The van der Waals surface area contributed by atoms with E-state index in [9.17, 15) is 5.11 Å². The lowest BCUT2D eigenvalue weighted by Gasteiger charge is -2.32. The van der Waals surface area contributed by atoms with E-state index in [1.165, 1.54) is 0 Å². The molecule has 1 fully saturated rings. The maximum atomic E-state index is 9.35. The molecule has 1 aliphatic heterocycles. The van der Waals surface area contributed by atoms with Crippen LogP contribution in [0.3, 0.4) is 0 Å². The van der Waals surface area contributed by atoms with Crippen molar-refractivity contribution < 1.29 is 19.2 Å². The highest BCUT2D eigenvalue weighted by molar-refractivity contribution is 6.63. The topological polar surface area (TPSA) is 47.9 Å². The van der Waals surface area contributed by atoms with E-state index in [2.05, 4.69) is 0 Å². The summed E-state index contributed by atoms with van der Waals surface area (Å²) in [6.45, 7) is 10.0. The molecule has 0 aliphatic carbocycles. The summed E-state index contributed by atoms with van der Waals surface area (Å²) in [5.74, 6) is 0.687. The molecule has 20 heavy (non-hydrogen) atoms. The van der Waals surface area contributed by atoms with Crippen molar-refractivity contribution in [3.8, 4) is 5.75 Å². The van der Waals surface area contributed by atoms with Gasteiger partial charge in [-0.15, -0.1) is 0 Å². The lowest BCUT2D eigenvalue weighted by molar-refractivity contribution is 0.00578. The van der Waals surface area contributed by atoms with Gasteiger partial charge in [0.2, 0.25) is 0 Å². The van der Waals surface area contributed by atoms with Crippen LogP contribution in [0.5, 0.6) is 5.75 Å². The van der Waals surface area contributed by atoms with Crippen LogP contribution in [-0.2, 0) is 9.31 Å². The number of rotatable bonds is 4. The van der Waals surface area contributed by atoms with Gasteiger partial charge in [0, 0.05) is 5.46 Å². The highest BCUT2D eigenvalue weighted by Crippen LogP contribution is 2.37. The van der Waals surface area contributed by atoms with Gasteiger partial charge in [-0.25, -0.2) is 0 Å². The molecule has 1 heterocycles. The zero-order chi connectivity index (χ0) is 15.0. The van der Waals surface area contributed by atoms with Gasteiger partial charge in [-0.2, -0.15) is 0 Å². The van der Waals surface area contributed by atoms with Crippen LogP contribution in [-0.4, -0.2) is 36.1 Å². The smallest absolute Gasteiger partial charge is 0.491 e. The molecule has 1 aromatic rings. The van der Waals surface area contributed by atoms with Crippen molar-refractivity contribution in [2.24, 2.45) is 0 Å². The minimum Gasteiger partial charge on any atom is -0.491 e. The van der Waals surface area contributed by atoms with Crippen LogP contribution in [0.4, 0.5) is 0 Å². The van der Waals surface area contributed by atoms with Gasteiger partial charge in [0.25, 0.3) is 0 Å². The Morgan fingerprint density at radius 3 is 2.25 bits per heavy atom. The predicted molar refractivity (Wildman–Crippen MR) is 79.3 cm³/mol. The van der Waals surface area contributed by atoms with Gasteiger partial charge >= 0.3 is 7.12 Å². The first-order chi connectivity index (χ1) is 9.23. The average Bonchev–Trinajstić information content (AvgIpc) is 2.56. The van der Waals surface area contributed by atoms with Crippen LogP contribution < -0.4 is 10.2 Å². The second-order valence-corrected chi connectivity index (χ2v) is 6.29. The number of hydrogen-bond donors (Lipinski definition) is 1. The summed E-state index contributed by atoms with van der Waals surface area (Å²) in [5.41, 5.74) is 0.0937. The third-order valence-corrected chi connectivity index (χ3v) is 3.91. The molecule has 0 spiro atoms. The predicted octanol–water partition coefficient (Wildman–Crippen LogP) is 1.75. The van der Waals surface area contributed by atoms with Gasteiger partial charge in [0.1, 0.15) is 12.4 Å². The molecule has 0 aromatic heterocycles. The van der Waals surface area contributed by atoms with E-state index in [0.29, 0.717) is 5.75 Å². The van der Waals surface area contributed by atoms with E-state index in [0.717, 1.165) is 5.46 Å². The molecule has 0 bridgehead atoms. The standard InChI is InChI=1S/C15H23BO4/c1-11(17)10-18-13-9-7-6-8-12(13)16-19-14(2,3)15(4,5)20-16/h6-9,11,17H,10H2,1-5H3. The van der Waals surface area contributed by atoms with Crippen LogP contribution in [0.1, 0.15) is 34.6 Å². The Kier molecular flexibility index (Phi) is 4.14. The zero-order valence-electron chi connectivity index (χ0n) is 12.8. The fourth-order valence-electron chi connectivity index (χ4n) is 1.99. The van der Waals surface area contributed by atoms with E-state index in [1.807, 2.05) is 52.0 Å². The lowest BCUT2D eigenvalue weighted by atomic mass is 9.78. The Bertz CT molecular complexity index is 455. The van der Waals surface area contributed by atoms with Gasteiger partial charge in [-0.1, -0.05) is 18.2 Å². The Morgan fingerprint density at radius 2 is 1.70 bits per heavy atom. The number of aliphatic hydroxyl groups is 1. The van der Waals surface area contributed by atoms with Gasteiger partial charge in [0.05, 0.1) is 17.3 Å². The van der Waals surface area contributed by atoms with Crippen molar-refractivity contribution >= 4 is 12.6 Å². The third kappa shape index (κ3) is 3.00. The van der Waals surface area contributed by atoms with Crippen LogP contribution in [0.15, 0.2) is 24.3 Å². The van der Waals surface area contributed by atoms with E-state index < -0.39 is 13.2 Å². The number of hydrogen-bond acceptors (Lipinski definition) is 4. The summed E-state index contributed by atoms with van der Waals surface area (Å²) >= 11 is 0. The number of para-hydroxylation sites is 1. The normalized spacial score (nSPS) is 21.8. The van der Waals surface area contributed by atoms with E-state index in [1.54, 1.807) is 6.92 Å². The SMILES string of the molecule is CC(O)COc1ccccc1B1OC(C)(C)C(C)(C)O1. The van der Waals surface area contributed by atoms with Gasteiger partial charge in [-0.3, -0.25) is 0 Å². The van der Waals surface area contributed by atoms with E-state index >= 15 is 0 Å². The lowest BCUT2D eigenvalue weighted by Crippen LogP contribution is -2.41. The monoisotopic (exact) mass is 278 g/mol. The average molecular weight is 278 g/mol. The Labute approximate surface area is 121 Å². The molecule has 0 radical (unpaired) electrons. The Hall–Kier alpha value is -1.04. The van der Waals surface area contributed by atoms with Crippen molar-refractivity contribution in [3.05, 3.63) is 24.3 Å². The fourth-order valence-corrected chi connectivity index (χ4v) is 1.99. The summed E-state index contributed by atoms with van der Waals surface area (Å²) in [5, 5.41) is 9.35. The molecular formula is C15H23BO4. The number of ether oxygens (including phenoxy) is 1. The Morgan fingerprint density at radius 1 is 1.15 bits per heavy atom. The molecule has 1 saturated heterocycles.